The van der Waals surface area contributed by atoms with E-state index in [1.807, 2.05) is 6.92 Å². The van der Waals surface area contributed by atoms with Gasteiger partial charge in [0.1, 0.15) is 0 Å². The van der Waals surface area contributed by atoms with Crippen LogP contribution in [0.1, 0.15) is 55.9 Å². The Morgan fingerprint density at radius 2 is 2.14 bits per heavy atom. The molecule has 1 aromatic carbocycles. The van der Waals surface area contributed by atoms with Gasteiger partial charge in [0.05, 0.1) is 6.04 Å². The average Bonchev–Trinajstić information content (AvgIpc) is 3.44. The molecule has 3 aromatic rings. The van der Waals surface area contributed by atoms with Gasteiger partial charge in [0.15, 0.2) is 0 Å². The van der Waals surface area contributed by atoms with Gasteiger partial charge in [0, 0.05) is 47.0 Å². The number of nitrogens with one attached hydrogen (secondary N) is 2. The summed E-state index contributed by atoms with van der Waals surface area (Å²) in [4.78, 5) is 20.0. The zero-order chi connectivity index (χ0) is 20.2. The van der Waals surface area contributed by atoms with E-state index in [0.29, 0.717) is 6.04 Å². The first-order valence-corrected chi connectivity index (χ1v) is 11.7. The van der Waals surface area contributed by atoms with E-state index in [9.17, 15) is 4.79 Å². The number of carbonyl (C=O) groups is 1. The lowest BCUT2D eigenvalue weighted by atomic mass is 9.96. The smallest absolute Gasteiger partial charge is 0.239 e. The predicted molar refractivity (Wildman–Crippen MR) is 122 cm³/mol. The van der Waals surface area contributed by atoms with Gasteiger partial charge in [-0.3, -0.25) is 4.79 Å². The van der Waals surface area contributed by atoms with Gasteiger partial charge in [-0.1, -0.05) is 31.2 Å². The normalized spacial score (nSPS) is 19.4. The largest absolute Gasteiger partial charge is 0.361 e. The van der Waals surface area contributed by atoms with Gasteiger partial charge in [-0.05, 0) is 55.7 Å². The van der Waals surface area contributed by atoms with Gasteiger partial charge >= 0.3 is 0 Å². The number of thiophene rings is 1. The maximum Gasteiger partial charge on any atom is 0.239 e. The number of aromatic nitrogens is 1. The Balaban J connectivity index is 1.51. The van der Waals surface area contributed by atoms with Crippen molar-refractivity contribution >= 4 is 28.1 Å². The van der Waals surface area contributed by atoms with Crippen LogP contribution in [0.15, 0.2) is 48.0 Å². The molecule has 0 radical (unpaired) electrons. The number of nitrogens with zero attached hydrogens (tertiary/aromatic N) is 1. The summed E-state index contributed by atoms with van der Waals surface area (Å²) in [5, 5.41) is 6.96. The third-order valence-corrected chi connectivity index (χ3v) is 7.25. The summed E-state index contributed by atoms with van der Waals surface area (Å²) in [7, 11) is 0. The van der Waals surface area contributed by atoms with Crippen molar-refractivity contribution in [3.05, 3.63) is 58.4 Å². The SMILES string of the molecule is CC[C@@H]1CCCCN1C(=O)[C@H](C)NC[C@H](c1cccs1)c1c[nH]c2ccccc12. The number of hydrogen-bond acceptors (Lipinski definition) is 3. The van der Waals surface area contributed by atoms with Gasteiger partial charge < -0.3 is 15.2 Å². The van der Waals surface area contributed by atoms with Crippen LogP contribution in [0.5, 0.6) is 0 Å². The van der Waals surface area contributed by atoms with E-state index in [1.54, 1.807) is 11.3 Å². The quantitative estimate of drug-likeness (QED) is 0.568. The van der Waals surface area contributed by atoms with E-state index < -0.39 is 0 Å². The van der Waals surface area contributed by atoms with Crippen LogP contribution in [0, 0.1) is 0 Å². The zero-order valence-electron chi connectivity index (χ0n) is 17.4. The van der Waals surface area contributed by atoms with E-state index in [-0.39, 0.29) is 17.9 Å². The highest BCUT2D eigenvalue weighted by Gasteiger charge is 2.29. The first kappa shape index (κ1) is 20.2. The number of fused-ring (bicyclic) bond motifs is 1. The van der Waals surface area contributed by atoms with E-state index in [1.165, 1.54) is 22.2 Å². The molecule has 0 bridgehead atoms. The Morgan fingerprint density at radius 1 is 1.28 bits per heavy atom. The average molecular weight is 410 g/mol. The van der Waals surface area contributed by atoms with Crippen molar-refractivity contribution in [3.63, 3.8) is 0 Å². The lowest BCUT2D eigenvalue weighted by Gasteiger charge is -2.37. The maximum absolute atomic E-state index is 13.1. The summed E-state index contributed by atoms with van der Waals surface area (Å²) in [6.45, 7) is 5.86. The number of para-hydroxylation sites is 1. The Morgan fingerprint density at radius 3 is 2.93 bits per heavy atom. The second-order valence-corrected chi connectivity index (χ2v) is 9.06. The molecule has 3 heterocycles. The predicted octanol–water partition coefficient (Wildman–Crippen LogP) is 5.13. The van der Waals surface area contributed by atoms with Crippen LogP contribution < -0.4 is 5.32 Å². The molecular weight excluding hydrogens is 378 g/mol. The molecule has 1 saturated heterocycles. The summed E-state index contributed by atoms with van der Waals surface area (Å²) in [6, 6.07) is 13.0. The van der Waals surface area contributed by atoms with Crippen LogP contribution in [0.25, 0.3) is 10.9 Å². The molecule has 1 aliphatic heterocycles. The monoisotopic (exact) mass is 409 g/mol. The molecule has 1 fully saturated rings. The fourth-order valence-electron chi connectivity index (χ4n) is 4.58. The van der Waals surface area contributed by atoms with E-state index >= 15 is 0 Å². The number of hydrogen-bond donors (Lipinski definition) is 2. The summed E-state index contributed by atoms with van der Waals surface area (Å²) in [5.74, 6) is 0.477. The second-order valence-electron chi connectivity index (χ2n) is 8.08. The van der Waals surface area contributed by atoms with Crippen molar-refractivity contribution < 1.29 is 4.79 Å². The minimum Gasteiger partial charge on any atom is -0.361 e. The molecule has 29 heavy (non-hydrogen) atoms. The molecule has 0 unspecified atom stereocenters. The fraction of sp³-hybridized carbons (Fsp3) is 0.458. The number of H-pyrrole nitrogens is 1. The van der Waals surface area contributed by atoms with E-state index in [2.05, 4.69) is 70.1 Å². The summed E-state index contributed by atoms with van der Waals surface area (Å²) in [6.07, 6.45) is 6.68. The number of rotatable bonds is 7. The van der Waals surface area contributed by atoms with Crippen LogP contribution in [0.2, 0.25) is 0 Å². The van der Waals surface area contributed by atoms with Crippen molar-refractivity contribution in [1.29, 1.82) is 0 Å². The molecule has 4 nitrogen and oxygen atoms in total. The molecule has 0 saturated carbocycles. The second kappa shape index (κ2) is 9.14. The first-order chi connectivity index (χ1) is 14.2. The summed E-state index contributed by atoms with van der Waals surface area (Å²) in [5.41, 5.74) is 2.45. The van der Waals surface area contributed by atoms with E-state index in [4.69, 9.17) is 0 Å². The van der Waals surface area contributed by atoms with Crippen molar-refractivity contribution in [2.45, 2.75) is 57.5 Å². The molecule has 1 amide bonds. The topological polar surface area (TPSA) is 48.1 Å². The van der Waals surface area contributed by atoms with Crippen LogP contribution in [0.4, 0.5) is 0 Å². The van der Waals surface area contributed by atoms with E-state index in [0.717, 1.165) is 37.9 Å². The van der Waals surface area contributed by atoms with Crippen molar-refractivity contribution in [1.82, 2.24) is 15.2 Å². The number of likely N-dealkylation sites (tertiary alicyclic amines) is 1. The maximum atomic E-state index is 13.1. The number of benzene rings is 1. The third kappa shape index (κ3) is 4.26. The number of piperidine rings is 1. The zero-order valence-corrected chi connectivity index (χ0v) is 18.2. The van der Waals surface area contributed by atoms with Crippen LogP contribution in [-0.4, -0.2) is 41.0 Å². The minimum absolute atomic E-state index is 0.171. The fourth-order valence-corrected chi connectivity index (χ4v) is 5.43. The molecule has 5 heteroatoms. The lowest BCUT2D eigenvalue weighted by Crippen LogP contribution is -2.51. The Bertz CT molecular complexity index is 933. The van der Waals surface area contributed by atoms with Gasteiger partial charge in [0.2, 0.25) is 5.91 Å². The van der Waals surface area contributed by atoms with Crippen molar-refractivity contribution in [2.24, 2.45) is 0 Å². The Labute approximate surface area is 177 Å². The molecule has 2 N–H and O–H groups in total. The molecular formula is C24H31N3OS. The highest BCUT2D eigenvalue weighted by Crippen LogP contribution is 2.33. The number of aromatic amines is 1. The molecule has 3 atom stereocenters. The first-order valence-electron chi connectivity index (χ1n) is 10.8. The highest BCUT2D eigenvalue weighted by molar-refractivity contribution is 7.10. The summed E-state index contributed by atoms with van der Waals surface area (Å²) >= 11 is 1.78. The lowest BCUT2D eigenvalue weighted by molar-refractivity contribution is -0.136. The molecule has 0 spiro atoms. The van der Waals surface area contributed by atoms with Gasteiger partial charge in [-0.15, -0.1) is 11.3 Å². The molecule has 4 rings (SSSR count). The van der Waals surface area contributed by atoms with Crippen molar-refractivity contribution in [3.8, 4) is 0 Å². The van der Waals surface area contributed by atoms with Gasteiger partial charge in [-0.2, -0.15) is 0 Å². The van der Waals surface area contributed by atoms with Crippen molar-refractivity contribution in [2.75, 3.05) is 13.1 Å². The molecule has 1 aliphatic rings. The van der Waals surface area contributed by atoms with Gasteiger partial charge in [0.25, 0.3) is 0 Å². The highest BCUT2D eigenvalue weighted by atomic mass is 32.1. The molecule has 0 aliphatic carbocycles. The Kier molecular flexibility index (Phi) is 6.36. The number of amides is 1. The van der Waals surface area contributed by atoms with Gasteiger partial charge in [-0.25, -0.2) is 0 Å². The number of carbonyl (C=O) groups excluding carboxylic acids is 1. The van der Waals surface area contributed by atoms with Crippen LogP contribution in [0.3, 0.4) is 0 Å². The minimum atomic E-state index is -0.171. The third-order valence-electron chi connectivity index (χ3n) is 6.26. The van der Waals surface area contributed by atoms with Crippen LogP contribution >= 0.6 is 11.3 Å². The summed E-state index contributed by atoms with van der Waals surface area (Å²) < 4.78 is 0. The Hall–Kier alpha value is -2.11. The molecule has 2 aromatic heterocycles. The molecule has 154 valence electrons. The standard InChI is InChI=1S/C24H31N3OS/c1-3-18-9-6-7-13-27(18)24(28)17(2)25-16-21(23-12-8-14-29-23)20-15-26-22-11-5-4-10-19(20)22/h4-5,8,10-12,14-15,17-18,21,25-26H,3,6-7,9,13,16H2,1-2H3/t17-,18+,21-/m0/s1. The van der Waals surface area contributed by atoms with Crippen LogP contribution in [-0.2, 0) is 4.79 Å².